The van der Waals surface area contributed by atoms with Gasteiger partial charge in [-0.05, 0) is 23.6 Å². The van der Waals surface area contributed by atoms with Crippen molar-refractivity contribution in [2.24, 2.45) is 0 Å². The molecule has 0 amide bonds. The number of sulfonamides is 1. The molecule has 1 heterocycles. The smallest absolute Gasteiger partial charge is 0.234 e. The third-order valence-corrected chi connectivity index (χ3v) is 5.25. The van der Waals surface area contributed by atoms with Crippen LogP contribution in [-0.2, 0) is 16.6 Å². The molecule has 1 saturated heterocycles. The number of rotatable bonds is 6. The first-order valence-corrected chi connectivity index (χ1v) is 9.67. The Morgan fingerprint density at radius 1 is 1.04 bits per heavy atom. The molecule has 0 aromatic heterocycles. The highest BCUT2D eigenvalue weighted by Crippen LogP contribution is 2.14. The molecule has 0 bridgehead atoms. The molecule has 1 atom stereocenters. The maximum absolute atomic E-state index is 12.2. The highest BCUT2D eigenvalue weighted by molar-refractivity contribution is 7.92. The van der Waals surface area contributed by atoms with E-state index >= 15 is 0 Å². The van der Waals surface area contributed by atoms with E-state index < -0.39 is 10.0 Å². The molecule has 0 aliphatic carbocycles. The fourth-order valence-corrected chi connectivity index (χ4v) is 3.99. The lowest BCUT2D eigenvalue weighted by Crippen LogP contribution is -2.35. The van der Waals surface area contributed by atoms with Crippen molar-refractivity contribution in [1.29, 1.82) is 0 Å². The van der Waals surface area contributed by atoms with Crippen molar-refractivity contribution >= 4 is 16.1 Å². The Labute approximate surface area is 143 Å². The van der Waals surface area contributed by atoms with Gasteiger partial charge in [-0.2, -0.15) is 0 Å². The van der Waals surface area contributed by atoms with Crippen LogP contribution in [0.5, 0.6) is 0 Å². The van der Waals surface area contributed by atoms with Gasteiger partial charge in [0.1, 0.15) is 0 Å². The first-order valence-electron chi connectivity index (χ1n) is 8.12. The van der Waals surface area contributed by atoms with Gasteiger partial charge in [0.15, 0.2) is 0 Å². The zero-order valence-corrected chi connectivity index (χ0v) is 14.3. The topological polar surface area (TPSA) is 49.4 Å². The first-order chi connectivity index (χ1) is 11.6. The summed E-state index contributed by atoms with van der Waals surface area (Å²) in [5, 5.41) is 1.25. The minimum atomic E-state index is -3.42. The van der Waals surface area contributed by atoms with Gasteiger partial charge in [0.05, 0.1) is 0 Å². The lowest BCUT2D eigenvalue weighted by molar-refractivity contribution is 0.325. The third-order valence-electron chi connectivity index (χ3n) is 4.09. The normalized spacial score (nSPS) is 19.1. The van der Waals surface area contributed by atoms with Gasteiger partial charge in [-0.25, -0.2) is 13.1 Å². The molecule has 3 rings (SSSR count). The molecular weight excluding hydrogens is 320 g/mol. The van der Waals surface area contributed by atoms with Crippen LogP contribution in [0.4, 0.5) is 0 Å². The molecule has 4 nitrogen and oxygen atoms in total. The van der Waals surface area contributed by atoms with Crippen LogP contribution in [0.3, 0.4) is 0 Å². The summed E-state index contributed by atoms with van der Waals surface area (Å²) in [6.45, 7) is 2.51. The molecule has 2 aromatic rings. The standard InChI is InChI=1S/C19H22N2O2S/c22-24(23,14-12-17-7-3-1-4-8-17)20-19-11-13-21(16-19)15-18-9-5-2-6-10-18/h1-10,12,14,19-20H,11,13,15-16H2. The molecule has 1 fully saturated rings. The molecule has 1 unspecified atom stereocenters. The molecule has 1 aliphatic rings. The molecule has 0 saturated carbocycles. The Morgan fingerprint density at radius 3 is 2.42 bits per heavy atom. The summed E-state index contributed by atoms with van der Waals surface area (Å²) in [5.74, 6) is 0. The van der Waals surface area contributed by atoms with Gasteiger partial charge in [-0.15, -0.1) is 0 Å². The van der Waals surface area contributed by atoms with E-state index in [9.17, 15) is 8.42 Å². The summed E-state index contributed by atoms with van der Waals surface area (Å²) in [4.78, 5) is 2.28. The second-order valence-electron chi connectivity index (χ2n) is 6.08. The molecule has 5 heteroatoms. The maximum Gasteiger partial charge on any atom is 0.234 e. The predicted octanol–water partition coefficient (Wildman–Crippen LogP) is 2.85. The van der Waals surface area contributed by atoms with E-state index in [0.29, 0.717) is 0 Å². The summed E-state index contributed by atoms with van der Waals surface area (Å²) >= 11 is 0. The summed E-state index contributed by atoms with van der Waals surface area (Å²) in [5.41, 5.74) is 2.13. The highest BCUT2D eigenvalue weighted by atomic mass is 32.2. The number of nitrogens with zero attached hydrogens (tertiary/aromatic N) is 1. The monoisotopic (exact) mass is 342 g/mol. The van der Waals surface area contributed by atoms with E-state index in [4.69, 9.17) is 0 Å². The number of benzene rings is 2. The average molecular weight is 342 g/mol. The SMILES string of the molecule is O=S(=O)(C=Cc1ccccc1)NC1CCN(Cc2ccccc2)C1. The molecule has 2 aromatic carbocycles. The van der Waals surface area contributed by atoms with Crippen molar-refractivity contribution in [3.05, 3.63) is 77.2 Å². The van der Waals surface area contributed by atoms with Crippen LogP contribution in [0, 0.1) is 0 Å². The van der Waals surface area contributed by atoms with Crippen LogP contribution in [0.15, 0.2) is 66.1 Å². The van der Waals surface area contributed by atoms with E-state index in [1.807, 2.05) is 48.5 Å². The van der Waals surface area contributed by atoms with Gasteiger partial charge in [0.25, 0.3) is 0 Å². The van der Waals surface area contributed by atoms with Gasteiger partial charge in [0.2, 0.25) is 10.0 Å². The predicted molar refractivity (Wildman–Crippen MR) is 97.7 cm³/mol. The lowest BCUT2D eigenvalue weighted by Gasteiger charge is -2.16. The van der Waals surface area contributed by atoms with Gasteiger partial charge in [-0.1, -0.05) is 60.7 Å². The molecular formula is C19H22N2O2S. The average Bonchev–Trinajstić information content (AvgIpc) is 3.01. The van der Waals surface area contributed by atoms with Crippen LogP contribution in [0.25, 0.3) is 6.08 Å². The number of likely N-dealkylation sites (tertiary alicyclic amines) is 1. The van der Waals surface area contributed by atoms with Crippen LogP contribution in [0.2, 0.25) is 0 Å². The molecule has 0 spiro atoms. The van der Waals surface area contributed by atoms with Gasteiger partial charge >= 0.3 is 0 Å². The minimum absolute atomic E-state index is 0.0286. The Balaban J connectivity index is 1.53. The summed E-state index contributed by atoms with van der Waals surface area (Å²) in [7, 11) is -3.42. The van der Waals surface area contributed by atoms with E-state index in [-0.39, 0.29) is 6.04 Å². The second-order valence-corrected chi connectivity index (χ2v) is 7.68. The summed E-state index contributed by atoms with van der Waals surface area (Å²) in [6, 6.07) is 19.7. The van der Waals surface area contributed by atoms with Crippen molar-refractivity contribution < 1.29 is 8.42 Å². The first kappa shape index (κ1) is 16.9. The largest absolute Gasteiger partial charge is 0.297 e. The third kappa shape index (κ3) is 5.03. The van der Waals surface area contributed by atoms with Gasteiger partial charge < -0.3 is 0 Å². The molecule has 24 heavy (non-hydrogen) atoms. The van der Waals surface area contributed by atoms with E-state index in [0.717, 1.165) is 31.6 Å². The van der Waals surface area contributed by atoms with Crippen molar-refractivity contribution in [2.75, 3.05) is 13.1 Å². The number of nitrogens with one attached hydrogen (secondary N) is 1. The van der Waals surface area contributed by atoms with E-state index in [1.165, 1.54) is 11.0 Å². The highest BCUT2D eigenvalue weighted by Gasteiger charge is 2.25. The van der Waals surface area contributed by atoms with Crippen LogP contribution in [0.1, 0.15) is 17.5 Å². The zero-order chi connectivity index (χ0) is 16.8. The van der Waals surface area contributed by atoms with Crippen molar-refractivity contribution in [3.8, 4) is 0 Å². The maximum atomic E-state index is 12.2. The lowest BCUT2D eigenvalue weighted by atomic mass is 10.2. The quantitative estimate of drug-likeness (QED) is 0.878. The van der Waals surface area contributed by atoms with Crippen LogP contribution < -0.4 is 4.72 Å². The van der Waals surface area contributed by atoms with Gasteiger partial charge in [0, 0.05) is 31.1 Å². The molecule has 0 radical (unpaired) electrons. The van der Waals surface area contributed by atoms with Gasteiger partial charge in [-0.3, -0.25) is 4.90 Å². The van der Waals surface area contributed by atoms with E-state index in [2.05, 4.69) is 21.8 Å². The fourth-order valence-electron chi connectivity index (χ4n) is 2.92. The second kappa shape index (κ2) is 7.75. The summed E-state index contributed by atoms with van der Waals surface area (Å²) < 4.78 is 27.2. The minimum Gasteiger partial charge on any atom is -0.297 e. The van der Waals surface area contributed by atoms with Crippen LogP contribution >= 0.6 is 0 Å². The van der Waals surface area contributed by atoms with E-state index in [1.54, 1.807) is 6.08 Å². The summed E-state index contributed by atoms with van der Waals surface area (Å²) in [6.07, 6.45) is 2.46. The van der Waals surface area contributed by atoms with Crippen molar-refractivity contribution in [1.82, 2.24) is 9.62 Å². The van der Waals surface area contributed by atoms with Crippen LogP contribution in [-0.4, -0.2) is 32.4 Å². The molecule has 1 N–H and O–H groups in total. The van der Waals surface area contributed by atoms with Crippen molar-refractivity contribution in [3.63, 3.8) is 0 Å². The fraction of sp³-hybridized carbons (Fsp3) is 0.263. The Hall–Kier alpha value is -1.95. The Bertz CT molecular complexity index is 774. The number of hydrogen-bond donors (Lipinski definition) is 1. The molecule has 126 valence electrons. The number of hydrogen-bond acceptors (Lipinski definition) is 3. The molecule has 1 aliphatic heterocycles. The Morgan fingerprint density at radius 2 is 1.71 bits per heavy atom. The zero-order valence-electron chi connectivity index (χ0n) is 13.5. The Kier molecular flexibility index (Phi) is 5.45. The van der Waals surface area contributed by atoms with Crippen molar-refractivity contribution in [2.45, 2.75) is 19.0 Å².